The molecule has 0 N–H and O–H groups in total. The van der Waals surface area contributed by atoms with E-state index in [4.69, 9.17) is 4.74 Å². The van der Waals surface area contributed by atoms with E-state index in [1.165, 1.54) is 11.8 Å². The minimum Gasteiger partial charge on any atom is -0.497 e. The molecule has 0 unspecified atom stereocenters. The Kier molecular flexibility index (Phi) is 6.95. The molecule has 1 fully saturated rings. The number of thioether (sulfide) groups is 1. The fourth-order valence-corrected chi connectivity index (χ4v) is 4.88. The molecule has 0 spiro atoms. The first-order chi connectivity index (χ1) is 15.6. The third-order valence-electron chi connectivity index (χ3n) is 5.90. The second-order valence-electron chi connectivity index (χ2n) is 7.90. The van der Waals surface area contributed by atoms with Crippen molar-refractivity contribution < 1.29 is 14.3 Å². The molecule has 166 valence electrons. The Morgan fingerprint density at radius 2 is 1.81 bits per heavy atom. The highest BCUT2D eigenvalue weighted by Gasteiger charge is 2.28. The van der Waals surface area contributed by atoms with Crippen molar-refractivity contribution in [2.24, 2.45) is 5.92 Å². The largest absolute Gasteiger partial charge is 0.497 e. The molecule has 3 aromatic rings. The summed E-state index contributed by atoms with van der Waals surface area (Å²) in [5.41, 5.74) is 2.93. The lowest BCUT2D eigenvalue weighted by Crippen LogP contribution is -2.41. The van der Waals surface area contributed by atoms with E-state index in [-0.39, 0.29) is 17.6 Å². The zero-order valence-electron chi connectivity index (χ0n) is 18.4. The molecule has 7 heteroatoms. The molecular formula is C25H27N3O3S. The number of rotatable bonds is 7. The zero-order valence-corrected chi connectivity index (χ0v) is 19.2. The fraction of sp³-hybridized carbons (Fsp3) is 0.320. The molecule has 1 aliphatic heterocycles. The predicted octanol–water partition coefficient (Wildman–Crippen LogP) is 4.40. The predicted molar refractivity (Wildman–Crippen MR) is 126 cm³/mol. The van der Waals surface area contributed by atoms with Gasteiger partial charge in [-0.15, -0.1) is 0 Å². The van der Waals surface area contributed by atoms with Gasteiger partial charge >= 0.3 is 0 Å². The monoisotopic (exact) mass is 449 g/mol. The number of carbonyl (C=O) groups is 2. The molecule has 0 saturated carbocycles. The van der Waals surface area contributed by atoms with Crippen LogP contribution in [0.1, 0.15) is 28.8 Å². The van der Waals surface area contributed by atoms with Crippen molar-refractivity contribution in [1.82, 2.24) is 14.5 Å². The van der Waals surface area contributed by atoms with Crippen molar-refractivity contribution in [3.8, 4) is 11.4 Å². The van der Waals surface area contributed by atoms with Gasteiger partial charge in [0.1, 0.15) is 5.75 Å². The van der Waals surface area contributed by atoms with Gasteiger partial charge in [0, 0.05) is 37.0 Å². The van der Waals surface area contributed by atoms with Crippen LogP contribution in [0, 0.1) is 12.8 Å². The molecule has 1 aliphatic rings. The Morgan fingerprint density at radius 3 is 2.50 bits per heavy atom. The number of benzene rings is 2. The first-order valence-electron chi connectivity index (χ1n) is 10.7. The van der Waals surface area contributed by atoms with Crippen LogP contribution in [0.15, 0.2) is 66.1 Å². The van der Waals surface area contributed by atoms with Crippen LogP contribution >= 0.6 is 11.8 Å². The molecule has 0 atom stereocenters. The first-order valence-corrected chi connectivity index (χ1v) is 11.7. The summed E-state index contributed by atoms with van der Waals surface area (Å²) >= 11 is 1.45. The Bertz CT molecular complexity index is 1090. The molecule has 32 heavy (non-hydrogen) atoms. The van der Waals surface area contributed by atoms with Crippen LogP contribution in [0.4, 0.5) is 0 Å². The molecule has 6 nitrogen and oxygen atoms in total. The van der Waals surface area contributed by atoms with Crippen molar-refractivity contribution in [3.63, 3.8) is 0 Å². The lowest BCUT2D eigenvalue weighted by molar-refractivity contribution is -0.129. The standard InChI is InChI=1S/C25H27N3O3S/c1-18-5-3-4-6-22(18)28-16-13-26-25(28)32-17-23(29)27-14-11-20(12-15-27)24(30)19-7-9-21(31-2)10-8-19/h3-10,13,16,20H,11-12,14-15,17H2,1-2H3. The number of hydrogen-bond acceptors (Lipinski definition) is 5. The number of nitrogens with zero attached hydrogens (tertiary/aromatic N) is 3. The van der Waals surface area contributed by atoms with E-state index in [2.05, 4.69) is 18.0 Å². The van der Waals surface area contributed by atoms with Gasteiger partial charge in [-0.25, -0.2) is 4.98 Å². The van der Waals surface area contributed by atoms with Gasteiger partial charge in [-0.1, -0.05) is 30.0 Å². The molecule has 2 heterocycles. The van der Waals surface area contributed by atoms with Crippen molar-refractivity contribution >= 4 is 23.5 Å². The van der Waals surface area contributed by atoms with Gasteiger partial charge in [0.05, 0.1) is 18.6 Å². The Labute approximate surface area is 192 Å². The number of aromatic nitrogens is 2. The highest BCUT2D eigenvalue weighted by atomic mass is 32.2. The molecular weight excluding hydrogens is 422 g/mol. The number of Topliss-reactive ketones (excluding diaryl/α,β-unsaturated/α-hetero) is 1. The summed E-state index contributed by atoms with van der Waals surface area (Å²) in [5.74, 6) is 1.27. The summed E-state index contributed by atoms with van der Waals surface area (Å²) in [6.45, 7) is 3.28. The average molecular weight is 450 g/mol. The fourth-order valence-electron chi connectivity index (χ4n) is 4.01. The van der Waals surface area contributed by atoms with Gasteiger partial charge in [-0.3, -0.25) is 14.2 Å². The van der Waals surface area contributed by atoms with Crippen molar-refractivity contribution in [2.45, 2.75) is 24.9 Å². The SMILES string of the molecule is COc1ccc(C(=O)C2CCN(C(=O)CSc3nccn3-c3ccccc3C)CC2)cc1. The Balaban J connectivity index is 1.30. The van der Waals surface area contributed by atoms with Gasteiger partial charge in [-0.05, 0) is 55.7 Å². The number of likely N-dealkylation sites (tertiary alicyclic amines) is 1. The summed E-state index contributed by atoms with van der Waals surface area (Å²) in [7, 11) is 1.61. The number of carbonyl (C=O) groups excluding carboxylic acids is 2. The number of aryl methyl sites for hydroxylation is 1. The molecule has 0 aliphatic carbocycles. The van der Waals surface area contributed by atoms with E-state index >= 15 is 0 Å². The second-order valence-corrected chi connectivity index (χ2v) is 8.85. The van der Waals surface area contributed by atoms with Crippen LogP contribution in [0.25, 0.3) is 5.69 Å². The van der Waals surface area contributed by atoms with Crippen LogP contribution in [-0.4, -0.2) is 52.1 Å². The van der Waals surface area contributed by atoms with Gasteiger partial charge < -0.3 is 9.64 Å². The van der Waals surface area contributed by atoms with E-state index in [1.54, 1.807) is 13.3 Å². The van der Waals surface area contributed by atoms with Gasteiger partial charge in [-0.2, -0.15) is 0 Å². The van der Waals surface area contributed by atoms with E-state index in [0.717, 1.165) is 22.2 Å². The van der Waals surface area contributed by atoms with Crippen molar-refractivity contribution in [2.75, 3.05) is 26.0 Å². The summed E-state index contributed by atoms with van der Waals surface area (Å²) in [6.07, 6.45) is 5.07. The summed E-state index contributed by atoms with van der Waals surface area (Å²) in [5, 5.41) is 0.803. The minimum absolute atomic E-state index is 0.0416. The second kappa shape index (κ2) is 10.0. The lowest BCUT2D eigenvalue weighted by atomic mass is 9.89. The summed E-state index contributed by atoms with van der Waals surface area (Å²) in [6, 6.07) is 15.4. The summed E-state index contributed by atoms with van der Waals surface area (Å²) < 4.78 is 7.18. The van der Waals surface area contributed by atoms with Crippen LogP contribution < -0.4 is 4.74 Å². The molecule has 0 bridgehead atoms. The van der Waals surface area contributed by atoms with Gasteiger partial charge in [0.2, 0.25) is 5.91 Å². The molecule has 0 radical (unpaired) electrons. The molecule has 2 aromatic carbocycles. The number of imidazole rings is 1. The molecule has 1 saturated heterocycles. The van der Waals surface area contributed by atoms with E-state index in [0.29, 0.717) is 37.2 Å². The lowest BCUT2D eigenvalue weighted by Gasteiger charge is -2.31. The van der Waals surface area contributed by atoms with Crippen LogP contribution in [-0.2, 0) is 4.79 Å². The highest BCUT2D eigenvalue weighted by molar-refractivity contribution is 7.99. The van der Waals surface area contributed by atoms with Crippen LogP contribution in [0.2, 0.25) is 0 Å². The zero-order chi connectivity index (χ0) is 22.5. The average Bonchev–Trinajstić information content (AvgIpc) is 3.31. The van der Waals surface area contributed by atoms with Crippen LogP contribution in [0.5, 0.6) is 5.75 Å². The van der Waals surface area contributed by atoms with E-state index in [9.17, 15) is 9.59 Å². The smallest absolute Gasteiger partial charge is 0.233 e. The third kappa shape index (κ3) is 4.88. The van der Waals surface area contributed by atoms with Gasteiger partial charge in [0.25, 0.3) is 0 Å². The number of ketones is 1. The number of methoxy groups -OCH3 is 1. The highest BCUT2D eigenvalue weighted by Crippen LogP contribution is 2.26. The quantitative estimate of drug-likeness (QED) is 0.395. The molecule has 1 aromatic heterocycles. The third-order valence-corrected chi connectivity index (χ3v) is 6.85. The Morgan fingerprint density at radius 1 is 1.09 bits per heavy atom. The van der Waals surface area contributed by atoms with Crippen molar-refractivity contribution in [3.05, 3.63) is 72.1 Å². The minimum atomic E-state index is -0.0416. The summed E-state index contributed by atoms with van der Waals surface area (Å²) in [4.78, 5) is 31.9. The maximum atomic E-state index is 12.8. The van der Waals surface area contributed by atoms with Gasteiger partial charge in [0.15, 0.2) is 10.9 Å². The maximum Gasteiger partial charge on any atom is 0.233 e. The Hall–Kier alpha value is -3.06. The molecule has 1 amide bonds. The van der Waals surface area contributed by atoms with Crippen molar-refractivity contribution in [1.29, 1.82) is 0 Å². The van der Waals surface area contributed by atoms with E-state index in [1.807, 2.05) is 58.1 Å². The number of para-hydroxylation sites is 1. The number of piperidine rings is 1. The normalized spacial score (nSPS) is 14.4. The topological polar surface area (TPSA) is 64.4 Å². The maximum absolute atomic E-state index is 12.8. The molecule has 4 rings (SSSR count). The number of hydrogen-bond donors (Lipinski definition) is 0. The van der Waals surface area contributed by atoms with Crippen LogP contribution in [0.3, 0.4) is 0 Å². The van der Waals surface area contributed by atoms with E-state index < -0.39 is 0 Å². The number of amides is 1. The number of ether oxygens (including phenoxy) is 1. The first kappa shape index (κ1) is 22.1.